The quantitative estimate of drug-likeness (QED) is 0.699. The predicted octanol–water partition coefficient (Wildman–Crippen LogP) is 4.67. The van der Waals surface area contributed by atoms with Crippen LogP contribution in [0.4, 0.5) is 0 Å². The van der Waals surface area contributed by atoms with Crippen LogP contribution in [-0.4, -0.2) is 11.6 Å². The molecule has 0 saturated carbocycles. The van der Waals surface area contributed by atoms with Gasteiger partial charge in [-0.2, -0.15) is 0 Å². The number of hydrogen-bond donors (Lipinski definition) is 0. The maximum absolute atomic E-state index is 5.95. The Morgan fingerprint density at radius 1 is 1.21 bits per heavy atom. The second-order valence-corrected chi connectivity index (χ2v) is 5.77. The van der Waals surface area contributed by atoms with E-state index < -0.39 is 0 Å². The summed E-state index contributed by atoms with van der Waals surface area (Å²) in [6.07, 6.45) is 4.51. The lowest BCUT2D eigenvalue weighted by atomic mass is 10.1. The van der Waals surface area contributed by atoms with Crippen LogP contribution in [0.25, 0.3) is 0 Å². The van der Waals surface area contributed by atoms with E-state index in [-0.39, 0.29) is 0 Å². The van der Waals surface area contributed by atoms with Gasteiger partial charge in [-0.05, 0) is 42.3 Å². The third kappa shape index (κ3) is 4.05. The Bertz CT molecular complexity index is 543. The van der Waals surface area contributed by atoms with E-state index in [2.05, 4.69) is 55.9 Å². The van der Waals surface area contributed by atoms with Crippen molar-refractivity contribution in [3.63, 3.8) is 0 Å². The van der Waals surface area contributed by atoms with Gasteiger partial charge in [0.25, 0.3) is 0 Å². The van der Waals surface area contributed by atoms with Crippen molar-refractivity contribution in [2.75, 3.05) is 6.61 Å². The Balaban J connectivity index is 2.03. The van der Waals surface area contributed by atoms with Gasteiger partial charge in [-0.3, -0.25) is 4.98 Å². The first kappa shape index (κ1) is 14.5. The van der Waals surface area contributed by atoms with Crippen molar-refractivity contribution in [2.45, 2.75) is 18.7 Å². The standard InChI is InChI=1S/C15H15Br2NO/c1-11-8-14(17)9-13(10-16)15(11)19-7-4-12-2-5-18-6-3-12/h2-3,5-6,8-9H,4,7,10H2,1H3. The molecule has 0 amide bonds. The van der Waals surface area contributed by atoms with Gasteiger partial charge in [0.1, 0.15) is 5.75 Å². The lowest BCUT2D eigenvalue weighted by molar-refractivity contribution is 0.317. The molecule has 0 bridgehead atoms. The van der Waals surface area contributed by atoms with E-state index >= 15 is 0 Å². The van der Waals surface area contributed by atoms with Crippen LogP contribution in [0.2, 0.25) is 0 Å². The van der Waals surface area contributed by atoms with Crippen LogP contribution in [0, 0.1) is 6.92 Å². The summed E-state index contributed by atoms with van der Waals surface area (Å²) in [4.78, 5) is 4.01. The SMILES string of the molecule is Cc1cc(Br)cc(CBr)c1OCCc1ccncc1. The van der Waals surface area contributed by atoms with Crippen LogP contribution >= 0.6 is 31.9 Å². The molecule has 1 heterocycles. The largest absolute Gasteiger partial charge is 0.493 e. The summed E-state index contributed by atoms with van der Waals surface area (Å²) in [5.74, 6) is 0.981. The molecule has 0 atom stereocenters. The zero-order valence-corrected chi connectivity index (χ0v) is 13.9. The molecule has 2 nitrogen and oxygen atoms in total. The summed E-state index contributed by atoms with van der Waals surface area (Å²) in [5, 5.41) is 0.790. The van der Waals surface area contributed by atoms with E-state index in [9.17, 15) is 0 Å². The van der Waals surface area contributed by atoms with Gasteiger partial charge in [-0.25, -0.2) is 0 Å². The molecular weight excluding hydrogens is 370 g/mol. The van der Waals surface area contributed by atoms with Crippen molar-refractivity contribution in [3.05, 3.63) is 57.8 Å². The predicted molar refractivity (Wildman–Crippen MR) is 84.9 cm³/mol. The smallest absolute Gasteiger partial charge is 0.126 e. The topological polar surface area (TPSA) is 22.1 Å². The molecule has 0 aliphatic heterocycles. The molecular formula is C15H15Br2NO. The average Bonchev–Trinajstić information content (AvgIpc) is 2.42. The van der Waals surface area contributed by atoms with E-state index in [4.69, 9.17) is 4.74 Å². The molecule has 0 fully saturated rings. The highest BCUT2D eigenvalue weighted by Crippen LogP contribution is 2.29. The first-order valence-electron chi connectivity index (χ1n) is 6.07. The van der Waals surface area contributed by atoms with Crippen molar-refractivity contribution >= 4 is 31.9 Å². The van der Waals surface area contributed by atoms with E-state index in [1.54, 1.807) is 0 Å². The number of aryl methyl sites for hydroxylation is 1. The summed E-state index contributed by atoms with van der Waals surface area (Å²) in [5.41, 5.74) is 3.56. The Hall–Kier alpha value is -0.870. The van der Waals surface area contributed by atoms with E-state index in [1.807, 2.05) is 24.5 Å². The monoisotopic (exact) mass is 383 g/mol. The number of aromatic nitrogens is 1. The summed E-state index contributed by atoms with van der Waals surface area (Å²) < 4.78 is 7.03. The maximum atomic E-state index is 5.95. The van der Waals surface area contributed by atoms with Gasteiger partial charge in [0.05, 0.1) is 6.61 Å². The summed E-state index contributed by atoms with van der Waals surface area (Å²) >= 11 is 7.01. The van der Waals surface area contributed by atoms with Gasteiger partial charge >= 0.3 is 0 Å². The minimum Gasteiger partial charge on any atom is -0.493 e. The van der Waals surface area contributed by atoms with Crippen molar-refractivity contribution in [2.24, 2.45) is 0 Å². The summed E-state index contributed by atoms with van der Waals surface area (Å²) in [7, 11) is 0. The minimum absolute atomic E-state index is 0.673. The number of ether oxygens (including phenoxy) is 1. The fourth-order valence-electron chi connectivity index (χ4n) is 1.93. The highest BCUT2D eigenvalue weighted by Gasteiger charge is 2.08. The summed E-state index contributed by atoms with van der Waals surface area (Å²) in [6.45, 7) is 2.74. The summed E-state index contributed by atoms with van der Waals surface area (Å²) in [6, 6.07) is 8.20. The molecule has 0 N–H and O–H groups in total. The third-order valence-corrected chi connectivity index (χ3v) is 3.91. The molecule has 2 aromatic rings. The highest BCUT2D eigenvalue weighted by atomic mass is 79.9. The van der Waals surface area contributed by atoms with Gasteiger partial charge in [-0.1, -0.05) is 31.9 Å². The molecule has 0 aliphatic carbocycles. The second kappa shape index (κ2) is 7.06. The first-order chi connectivity index (χ1) is 9.20. The van der Waals surface area contributed by atoms with E-state index in [0.717, 1.165) is 27.5 Å². The Labute approximate surface area is 130 Å². The minimum atomic E-state index is 0.673. The molecule has 0 aliphatic rings. The Morgan fingerprint density at radius 3 is 2.63 bits per heavy atom. The molecule has 0 unspecified atom stereocenters. The molecule has 2 rings (SSSR count). The average molecular weight is 385 g/mol. The fraction of sp³-hybridized carbons (Fsp3) is 0.267. The van der Waals surface area contributed by atoms with Crippen molar-refractivity contribution < 1.29 is 4.74 Å². The van der Waals surface area contributed by atoms with Crippen LogP contribution in [-0.2, 0) is 11.8 Å². The fourth-order valence-corrected chi connectivity index (χ4v) is 2.96. The number of pyridine rings is 1. The van der Waals surface area contributed by atoms with Gasteiger partial charge in [0.2, 0.25) is 0 Å². The molecule has 0 radical (unpaired) electrons. The lowest BCUT2D eigenvalue weighted by Gasteiger charge is -2.13. The lowest BCUT2D eigenvalue weighted by Crippen LogP contribution is -2.04. The zero-order valence-electron chi connectivity index (χ0n) is 10.7. The molecule has 100 valence electrons. The molecule has 19 heavy (non-hydrogen) atoms. The van der Waals surface area contributed by atoms with Gasteiger partial charge in [0, 0.05) is 34.2 Å². The number of nitrogens with zero attached hydrogens (tertiary/aromatic N) is 1. The van der Waals surface area contributed by atoms with Crippen molar-refractivity contribution in [1.29, 1.82) is 0 Å². The second-order valence-electron chi connectivity index (χ2n) is 4.30. The Morgan fingerprint density at radius 2 is 1.95 bits per heavy atom. The number of halogens is 2. The van der Waals surface area contributed by atoms with Gasteiger partial charge in [0.15, 0.2) is 0 Å². The van der Waals surface area contributed by atoms with Gasteiger partial charge < -0.3 is 4.74 Å². The zero-order chi connectivity index (χ0) is 13.7. The highest BCUT2D eigenvalue weighted by molar-refractivity contribution is 9.10. The van der Waals surface area contributed by atoms with Crippen LogP contribution in [0.1, 0.15) is 16.7 Å². The Kier molecular flexibility index (Phi) is 5.40. The van der Waals surface area contributed by atoms with Gasteiger partial charge in [-0.15, -0.1) is 0 Å². The van der Waals surface area contributed by atoms with Crippen LogP contribution in [0.3, 0.4) is 0 Å². The number of rotatable bonds is 5. The number of alkyl halides is 1. The number of benzene rings is 1. The first-order valence-corrected chi connectivity index (χ1v) is 7.99. The molecule has 0 saturated heterocycles. The maximum Gasteiger partial charge on any atom is 0.126 e. The normalized spacial score (nSPS) is 10.5. The number of hydrogen-bond acceptors (Lipinski definition) is 2. The van der Waals surface area contributed by atoms with Crippen molar-refractivity contribution in [3.8, 4) is 5.75 Å². The molecule has 4 heteroatoms. The van der Waals surface area contributed by atoms with Crippen LogP contribution in [0.5, 0.6) is 5.75 Å². The molecule has 0 spiro atoms. The molecule has 1 aromatic heterocycles. The molecule has 1 aromatic carbocycles. The third-order valence-electron chi connectivity index (χ3n) is 2.85. The van der Waals surface area contributed by atoms with Crippen LogP contribution < -0.4 is 4.74 Å². The van der Waals surface area contributed by atoms with E-state index in [0.29, 0.717) is 6.61 Å². The van der Waals surface area contributed by atoms with Crippen LogP contribution in [0.15, 0.2) is 41.1 Å². The van der Waals surface area contributed by atoms with E-state index in [1.165, 1.54) is 11.1 Å². The van der Waals surface area contributed by atoms with Crippen molar-refractivity contribution in [1.82, 2.24) is 4.98 Å².